The largest absolute Gasteiger partial charge is 0.337 e. The zero-order chi connectivity index (χ0) is 15.7. The summed E-state index contributed by atoms with van der Waals surface area (Å²) in [7, 11) is 1.90. The fourth-order valence-electron chi connectivity index (χ4n) is 2.79. The van der Waals surface area contributed by atoms with E-state index in [4.69, 9.17) is 0 Å². The van der Waals surface area contributed by atoms with Crippen molar-refractivity contribution < 1.29 is 13.2 Å². The average molecular weight is 347 g/mol. The van der Waals surface area contributed by atoms with Crippen molar-refractivity contribution in [2.45, 2.75) is 12.6 Å². The highest BCUT2D eigenvalue weighted by atomic mass is 35.5. The highest BCUT2D eigenvalue weighted by Crippen LogP contribution is 2.24. The molecule has 1 aromatic carbocycles. The van der Waals surface area contributed by atoms with Crippen LogP contribution in [0.4, 0.5) is 13.2 Å². The van der Waals surface area contributed by atoms with Crippen LogP contribution in [0.3, 0.4) is 0 Å². The molecule has 0 bridgehead atoms. The third-order valence-electron chi connectivity index (χ3n) is 3.97. The topological polar surface area (TPSA) is 33.1 Å². The quantitative estimate of drug-likeness (QED) is 0.866. The lowest BCUT2D eigenvalue weighted by Gasteiger charge is -2.35. The van der Waals surface area contributed by atoms with Crippen LogP contribution >= 0.6 is 12.4 Å². The van der Waals surface area contributed by atoms with E-state index in [2.05, 4.69) is 10.3 Å². The van der Waals surface area contributed by atoms with E-state index in [1.54, 1.807) is 6.20 Å². The summed E-state index contributed by atoms with van der Waals surface area (Å²) in [6.07, 6.45) is 3.56. The van der Waals surface area contributed by atoms with Crippen LogP contribution in [0.5, 0.6) is 0 Å². The number of nitrogens with one attached hydrogen (secondary N) is 1. The van der Waals surface area contributed by atoms with Crippen LogP contribution < -0.4 is 5.32 Å². The van der Waals surface area contributed by atoms with Gasteiger partial charge in [0.2, 0.25) is 0 Å². The summed E-state index contributed by atoms with van der Waals surface area (Å²) in [5.41, 5.74) is 0.153. The van der Waals surface area contributed by atoms with Gasteiger partial charge in [-0.05, 0) is 6.07 Å². The van der Waals surface area contributed by atoms with E-state index >= 15 is 0 Å². The van der Waals surface area contributed by atoms with E-state index in [1.165, 1.54) is 0 Å². The highest BCUT2D eigenvalue weighted by molar-refractivity contribution is 5.85. The van der Waals surface area contributed by atoms with Gasteiger partial charge in [-0.1, -0.05) is 0 Å². The van der Waals surface area contributed by atoms with Gasteiger partial charge >= 0.3 is 0 Å². The van der Waals surface area contributed by atoms with Crippen LogP contribution in [0.15, 0.2) is 24.5 Å². The Balaban J connectivity index is 0.00000192. The Bertz CT molecular complexity index is 677. The molecule has 0 amide bonds. The number of aryl methyl sites for hydroxylation is 1. The van der Waals surface area contributed by atoms with Gasteiger partial charge in [0, 0.05) is 57.3 Å². The highest BCUT2D eigenvalue weighted by Gasteiger charge is 2.27. The first-order valence-electron chi connectivity index (χ1n) is 7.11. The van der Waals surface area contributed by atoms with Crippen molar-refractivity contribution in [3.05, 3.63) is 53.4 Å². The second-order valence-electron chi connectivity index (χ2n) is 5.44. The van der Waals surface area contributed by atoms with Crippen LogP contribution in [0, 0.1) is 17.5 Å². The monoisotopic (exact) mass is 346 g/mol. The van der Waals surface area contributed by atoms with Crippen molar-refractivity contribution >= 4 is 12.4 Å². The Morgan fingerprint density at radius 3 is 2.65 bits per heavy atom. The molecule has 1 fully saturated rings. The number of hydrogen-bond acceptors (Lipinski definition) is 3. The first-order chi connectivity index (χ1) is 10.6. The first-order valence-corrected chi connectivity index (χ1v) is 7.11. The van der Waals surface area contributed by atoms with E-state index < -0.39 is 17.5 Å². The van der Waals surface area contributed by atoms with Crippen molar-refractivity contribution in [1.82, 2.24) is 19.8 Å². The minimum atomic E-state index is -1.16. The number of nitrogens with zero attached hydrogens (tertiary/aromatic N) is 3. The number of benzene rings is 1. The Morgan fingerprint density at radius 2 is 1.96 bits per heavy atom. The van der Waals surface area contributed by atoms with E-state index in [0.717, 1.165) is 18.4 Å². The van der Waals surface area contributed by atoms with E-state index in [1.807, 2.05) is 22.7 Å². The minimum absolute atomic E-state index is 0. The molecule has 1 aliphatic rings. The fourth-order valence-corrected chi connectivity index (χ4v) is 2.79. The van der Waals surface area contributed by atoms with Crippen LogP contribution in [0.25, 0.3) is 0 Å². The summed E-state index contributed by atoms with van der Waals surface area (Å²) in [4.78, 5) is 6.36. The molecule has 4 nitrogen and oxygen atoms in total. The van der Waals surface area contributed by atoms with Crippen LogP contribution in [0.1, 0.15) is 17.4 Å². The summed E-state index contributed by atoms with van der Waals surface area (Å²) in [6, 6.07) is 1.49. The molecule has 0 spiro atoms. The second-order valence-corrected chi connectivity index (χ2v) is 5.44. The lowest BCUT2D eigenvalue weighted by Crippen LogP contribution is -2.46. The van der Waals surface area contributed by atoms with Gasteiger partial charge in [-0.3, -0.25) is 4.90 Å². The summed E-state index contributed by atoms with van der Waals surface area (Å²) < 4.78 is 42.2. The third kappa shape index (κ3) is 3.68. The van der Waals surface area contributed by atoms with Crippen molar-refractivity contribution in [3.63, 3.8) is 0 Å². The zero-order valence-corrected chi connectivity index (χ0v) is 13.4. The molecule has 1 N–H and O–H groups in total. The molecule has 1 aromatic heterocycles. The van der Waals surface area contributed by atoms with Crippen LogP contribution in [-0.4, -0.2) is 34.1 Å². The van der Waals surface area contributed by atoms with Crippen LogP contribution in [0.2, 0.25) is 0 Å². The normalized spacial score (nSPS) is 18.7. The lowest BCUT2D eigenvalue weighted by molar-refractivity contribution is 0.143. The zero-order valence-electron chi connectivity index (χ0n) is 12.6. The molecule has 1 unspecified atom stereocenters. The molecule has 2 heterocycles. The summed E-state index contributed by atoms with van der Waals surface area (Å²) in [6.45, 7) is 2.32. The predicted molar refractivity (Wildman–Crippen MR) is 82.8 cm³/mol. The molecule has 8 heteroatoms. The molecule has 1 saturated heterocycles. The molecule has 23 heavy (non-hydrogen) atoms. The molecule has 0 aliphatic carbocycles. The number of rotatable bonds is 3. The van der Waals surface area contributed by atoms with Crippen LogP contribution in [-0.2, 0) is 13.6 Å². The minimum Gasteiger partial charge on any atom is -0.337 e. The van der Waals surface area contributed by atoms with E-state index in [-0.39, 0.29) is 30.6 Å². The first kappa shape index (κ1) is 17.8. The molecule has 3 rings (SSSR count). The Morgan fingerprint density at radius 1 is 1.22 bits per heavy atom. The van der Waals surface area contributed by atoms with E-state index in [9.17, 15) is 13.2 Å². The third-order valence-corrected chi connectivity index (χ3v) is 3.97. The van der Waals surface area contributed by atoms with Gasteiger partial charge in [-0.25, -0.2) is 18.2 Å². The number of aromatic nitrogens is 2. The van der Waals surface area contributed by atoms with Crippen molar-refractivity contribution in [2.75, 3.05) is 19.6 Å². The van der Waals surface area contributed by atoms with Crippen molar-refractivity contribution in [2.24, 2.45) is 7.05 Å². The Labute approximate surface area is 138 Å². The Hall–Kier alpha value is -1.57. The lowest BCUT2D eigenvalue weighted by atomic mass is 10.1. The second kappa shape index (κ2) is 7.33. The smallest absolute Gasteiger partial charge is 0.161 e. The van der Waals surface area contributed by atoms with Gasteiger partial charge < -0.3 is 9.88 Å². The number of hydrogen-bond donors (Lipinski definition) is 1. The molecular weight excluding hydrogens is 329 g/mol. The molecule has 2 aromatic rings. The SMILES string of the molecule is Cl.Cn1ccnc1C1CNCCN1Cc1cc(F)c(F)cc1F. The molecule has 1 aliphatic heterocycles. The molecule has 126 valence electrons. The average Bonchev–Trinajstić information content (AvgIpc) is 2.91. The van der Waals surface area contributed by atoms with Gasteiger partial charge in [0.25, 0.3) is 0 Å². The molecule has 1 atom stereocenters. The summed E-state index contributed by atoms with van der Waals surface area (Å²) >= 11 is 0. The maximum Gasteiger partial charge on any atom is 0.161 e. The number of piperazine rings is 1. The van der Waals surface area contributed by atoms with Crippen molar-refractivity contribution in [1.29, 1.82) is 0 Å². The standard InChI is InChI=1S/C15H17F3N4.ClH/c1-21-4-3-20-15(21)14-8-19-2-5-22(14)9-10-6-12(17)13(18)7-11(10)16;/h3-4,6-7,14,19H,2,5,8-9H2,1H3;1H. The fraction of sp³-hybridized carbons (Fsp3) is 0.400. The summed E-state index contributed by atoms with van der Waals surface area (Å²) in [5, 5.41) is 3.28. The maximum absolute atomic E-state index is 13.9. The van der Waals surface area contributed by atoms with Gasteiger partial charge in [0.05, 0.1) is 6.04 Å². The number of imidazole rings is 1. The van der Waals surface area contributed by atoms with Crippen molar-refractivity contribution in [3.8, 4) is 0 Å². The maximum atomic E-state index is 13.9. The molecular formula is C15H18ClF3N4. The van der Waals surface area contributed by atoms with Gasteiger partial charge in [0.1, 0.15) is 11.6 Å². The molecule has 0 radical (unpaired) electrons. The van der Waals surface area contributed by atoms with Gasteiger partial charge in [0.15, 0.2) is 11.6 Å². The Kier molecular flexibility index (Phi) is 5.67. The molecule has 0 saturated carbocycles. The van der Waals surface area contributed by atoms with Gasteiger partial charge in [-0.2, -0.15) is 0 Å². The van der Waals surface area contributed by atoms with Gasteiger partial charge in [-0.15, -0.1) is 12.4 Å². The summed E-state index contributed by atoms with van der Waals surface area (Å²) in [5.74, 6) is -2.06. The number of halogens is 4. The van der Waals surface area contributed by atoms with E-state index in [0.29, 0.717) is 19.2 Å². The predicted octanol–water partition coefficient (Wildman–Crippen LogP) is 2.41.